The number of carboxylic acid groups (broad SMARTS) is 4. The zero-order chi connectivity index (χ0) is 22.9. The zero-order valence-electron chi connectivity index (χ0n) is 16.1. The molecule has 0 aliphatic heterocycles. The van der Waals surface area contributed by atoms with Crippen LogP contribution >= 0.6 is 0 Å². The van der Waals surface area contributed by atoms with Crippen molar-refractivity contribution in [1.82, 2.24) is 0 Å². The second-order valence-electron chi connectivity index (χ2n) is 6.73. The van der Waals surface area contributed by atoms with Crippen LogP contribution in [0, 0.1) is 0 Å². The molecule has 9 heteroatoms. The number of hydrogen-bond donors (Lipinski definition) is 4. The van der Waals surface area contributed by atoms with Gasteiger partial charge in [-0.05, 0) is 48.0 Å². The van der Waals surface area contributed by atoms with Gasteiger partial charge in [0.05, 0.1) is 22.3 Å². The monoisotopic (exact) mass is 422 g/mol. The van der Waals surface area contributed by atoms with Crippen LogP contribution in [-0.2, 0) is 7.05 Å². The summed E-state index contributed by atoms with van der Waals surface area (Å²) >= 11 is 0. The van der Waals surface area contributed by atoms with Gasteiger partial charge in [0.1, 0.15) is 7.05 Å². The molecule has 31 heavy (non-hydrogen) atoms. The van der Waals surface area contributed by atoms with Crippen LogP contribution in [0.15, 0.2) is 54.7 Å². The van der Waals surface area contributed by atoms with Crippen LogP contribution in [0.1, 0.15) is 41.4 Å². The molecule has 2 aromatic carbocycles. The molecule has 9 nitrogen and oxygen atoms in total. The summed E-state index contributed by atoms with van der Waals surface area (Å²) in [6.07, 6.45) is 1.61. The van der Waals surface area contributed by atoms with Gasteiger partial charge in [-0.25, -0.2) is 23.7 Å². The van der Waals surface area contributed by atoms with E-state index in [1.54, 1.807) is 29.9 Å². The van der Waals surface area contributed by atoms with E-state index < -0.39 is 23.9 Å². The van der Waals surface area contributed by atoms with Crippen molar-refractivity contribution in [2.75, 3.05) is 0 Å². The van der Waals surface area contributed by atoms with Crippen molar-refractivity contribution in [1.29, 1.82) is 0 Å². The van der Waals surface area contributed by atoms with Gasteiger partial charge in [0, 0.05) is 17.2 Å². The van der Waals surface area contributed by atoms with Gasteiger partial charge in [-0.15, -0.1) is 0 Å². The highest BCUT2D eigenvalue weighted by molar-refractivity contribution is 5.97. The number of aryl methyl sites for hydroxylation is 1. The van der Waals surface area contributed by atoms with Gasteiger partial charge in [0.2, 0.25) is 5.69 Å². The maximum atomic E-state index is 11.4. The first-order valence-electron chi connectivity index (χ1n) is 8.80. The van der Waals surface area contributed by atoms with E-state index in [0.717, 1.165) is 12.1 Å². The topological polar surface area (TPSA) is 153 Å². The standard InChI is InChI=1S/C22H15NO8/c1-23-10-11(12-4-14(19(24)25)8-15(5-12)20(26)27)2-3-18(23)13-6-16(21(28)29)9-17(7-13)22(30)31/h2-10H,1H3,(H3-,24,25,26,27,28,29,30,31)/p+1. The molecule has 0 aliphatic rings. The van der Waals surface area contributed by atoms with Gasteiger partial charge in [-0.1, -0.05) is 0 Å². The van der Waals surface area contributed by atoms with E-state index in [2.05, 4.69) is 0 Å². The number of benzene rings is 2. The Morgan fingerprint density at radius 1 is 0.581 bits per heavy atom. The van der Waals surface area contributed by atoms with Crippen LogP contribution in [0.5, 0.6) is 0 Å². The average Bonchev–Trinajstić information content (AvgIpc) is 2.72. The lowest BCUT2D eigenvalue weighted by Crippen LogP contribution is -2.30. The smallest absolute Gasteiger partial charge is 0.335 e. The predicted molar refractivity (Wildman–Crippen MR) is 106 cm³/mol. The van der Waals surface area contributed by atoms with Crippen molar-refractivity contribution in [3.63, 3.8) is 0 Å². The Balaban J connectivity index is 2.13. The van der Waals surface area contributed by atoms with Crippen molar-refractivity contribution in [2.45, 2.75) is 0 Å². The number of aromatic nitrogens is 1. The Labute approximate surface area is 175 Å². The third kappa shape index (κ3) is 4.40. The molecule has 0 saturated heterocycles. The summed E-state index contributed by atoms with van der Waals surface area (Å²) in [5.41, 5.74) is 1.02. The SMILES string of the molecule is C[n+]1cc(-c2cc(C(=O)O)cc(C(=O)O)c2)ccc1-c1cc(C(=O)O)cc(C(=O)O)c1. The summed E-state index contributed by atoms with van der Waals surface area (Å²) in [5, 5.41) is 37.1. The Bertz CT molecular complexity index is 1200. The molecule has 0 unspecified atom stereocenters. The molecule has 0 aliphatic carbocycles. The molecule has 156 valence electrons. The van der Waals surface area contributed by atoms with Crippen molar-refractivity contribution < 1.29 is 44.2 Å². The van der Waals surface area contributed by atoms with E-state index in [1.807, 2.05) is 0 Å². The average molecular weight is 422 g/mol. The second-order valence-corrected chi connectivity index (χ2v) is 6.73. The van der Waals surface area contributed by atoms with Gasteiger partial charge >= 0.3 is 23.9 Å². The van der Waals surface area contributed by atoms with Crippen LogP contribution < -0.4 is 4.57 Å². The molecule has 0 amide bonds. The number of nitrogens with zero attached hydrogens (tertiary/aromatic N) is 1. The molecule has 0 saturated carbocycles. The molecule has 4 N–H and O–H groups in total. The fraction of sp³-hybridized carbons (Fsp3) is 0.0455. The van der Waals surface area contributed by atoms with Gasteiger partial charge in [-0.3, -0.25) is 0 Å². The molecular formula is C22H16NO8+. The number of pyridine rings is 1. The Morgan fingerprint density at radius 2 is 0.968 bits per heavy atom. The van der Waals surface area contributed by atoms with Crippen LogP contribution in [0.4, 0.5) is 0 Å². The normalized spacial score (nSPS) is 10.5. The summed E-state index contributed by atoms with van der Waals surface area (Å²) in [7, 11) is 1.64. The summed E-state index contributed by atoms with van der Waals surface area (Å²) in [4.78, 5) is 45.4. The highest BCUT2D eigenvalue weighted by Crippen LogP contribution is 2.25. The van der Waals surface area contributed by atoms with Gasteiger partial charge in [0.15, 0.2) is 6.20 Å². The Hall–Kier alpha value is -4.53. The van der Waals surface area contributed by atoms with E-state index in [9.17, 15) is 39.6 Å². The lowest BCUT2D eigenvalue weighted by molar-refractivity contribution is -0.659. The minimum Gasteiger partial charge on any atom is -0.478 e. The molecule has 1 heterocycles. The zero-order valence-corrected chi connectivity index (χ0v) is 16.1. The molecule has 0 fully saturated rings. The Kier molecular flexibility index (Phi) is 5.52. The molecule has 0 radical (unpaired) electrons. The van der Waals surface area contributed by atoms with Crippen molar-refractivity contribution in [2.24, 2.45) is 7.05 Å². The third-order valence-corrected chi connectivity index (χ3v) is 4.62. The minimum atomic E-state index is -1.27. The molecular weight excluding hydrogens is 406 g/mol. The molecule has 0 spiro atoms. The van der Waals surface area contributed by atoms with Crippen LogP contribution in [0.25, 0.3) is 22.4 Å². The molecule has 3 rings (SSSR count). The van der Waals surface area contributed by atoms with Crippen LogP contribution in [-0.4, -0.2) is 44.3 Å². The predicted octanol–water partition coefficient (Wildman–Crippen LogP) is 2.64. The van der Waals surface area contributed by atoms with Gasteiger partial charge in [0.25, 0.3) is 0 Å². The highest BCUT2D eigenvalue weighted by atomic mass is 16.4. The van der Waals surface area contributed by atoms with Crippen molar-refractivity contribution >= 4 is 23.9 Å². The summed E-state index contributed by atoms with van der Waals surface area (Å²) in [6.45, 7) is 0. The number of hydrogen-bond acceptors (Lipinski definition) is 4. The van der Waals surface area contributed by atoms with Gasteiger partial charge < -0.3 is 20.4 Å². The lowest BCUT2D eigenvalue weighted by atomic mass is 9.99. The van der Waals surface area contributed by atoms with E-state index in [-0.39, 0.29) is 22.3 Å². The number of aromatic carboxylic acids is 4. The number of rotatable bonds is 6. The van der Waals surface area contributed by atoms with E-state index in [0.29, 0.717) is 22.4 Å². The lowest BCUT2D eigenvalue weighted by Gasteiger charge is -2.08. The summed E-state index contributed by atoms with van der Waals surface area (Å²) < 4.78 is 1.61. The maximum Gasteiger partial charge on any atom is 0.335 e. The van der Waals surface area contributed by atoms with Gasteiger partial charge in [-0.2, -0.15) is 0 Å². The van der Waals surface area contributed by atoms with Crippen LogP contribution in [0.3, 0.4) is 0 Å². The van der Waals surface area contributed by atoms with Crippen LogP contribution in [0.2, 0.25) is 0 Å². The number of carboxylic acids is 4. The minimum absolute atomic E-state index is 0.179. The largest absolute Gasteiger partial charge is 0.478 e. The van der Waals surface area contributed by atoms with Crippen molar-refractivity contribution in [3.05, 3.63) is 77.0 Å². The summed E-state index contributed by atoms with van der Waals surface area (Å²) in [6, 6.07) is 10.7. The number of carbonyl (C=O) groups is 4. The third-order valence-electron chi connectivity index (χ3n) is 4.62. The van der Waals surface area contributed by atoms with E-state index >= 15 is 0 Å². The molecule has 0 bridgehead atoms. The fourth-order valence-corrected chi connectivity index (χ4v) is 3.14. The maximum absolute atomic E-state index is 11.4. The van der Waals surface area contributed by atoms with E-state index in [1.165, 1.54) is 24.3 Å². The van der Waals surface area contributed by atoms with Crippen molar-refractivity contribution in [3.8, 4) is 22.4 Å². The second kappa shape index (κ2) is 8.07. The molecule has 1 aromatic heterocycles. The quantitative estimate of drug-likeness (QED) is 0.442. The molecule has 0 atom stereocenters. The summed E-state index contributed by atoms with van der Waals surface area (Å²) in [5.74, 6) is -5.07. The highest BCUT2D eigenvalue weighted by Gasteiger charge is 2.19. The Morgan fingerprint density at radius 3 is 1.32 bits per heavy atom. The first kappa shape index (κ1) is 21.2. The fourth-order valence-electron chi connectivity index (χ4n) is 3.14. The molecule has 3 aromatic rings. The van der Waals surface area contributed by atoms with E-state index in [4.69, 9.17) is 0 Å². The first-order valence-corrected chi connectivity index (χ1v) is 8.80. The first-order chi connectivity index (χ1) is 14.6.